The predicted octanol–water partition coefficient (Wildman–Crippen LogP) is 2.78. The molecule has 0 amide bonds. The van der Waals surface area contributed by atoms with E-state index in [-0.39, 0.29) is 0 Å². The lowest BCUT2D eigenvalue weighted by molar-refractivity contribution is 1.16. The van der Waals surface area contributed by atoms with Crippen LogP contribution in [0.1, 0.15) is 11.1 Å². The number of nitrogens with two attached hydrogens (primary N) is 1. The number of nitrogens with zero attached hydrogens (tertiary/aromatic N) is 2. The van der Waals surface area contributed by atoms with Crippen LogP contribution in [0.15, 0.2) is 24.5 Å². The molecule has 0 aliphatic carbocycles. The lowest BCUT2D eigenvalue weighted by Crippen LogP contribution is -2.10. The molecule has 1 heterocycles. The third-order valence-corrected chi connectivity index (χ3v) is 2.89. The number of hydrazine groups is 1. The highest BCUT2D eigenvalue weighted by molar-refractivity contribution is 6.29. The van der Waals surface area contributed by atoms with Crippen LogP contribution in [0.5, 0.6) is 0 Å². The molecule has 0 fully saturated rings. The molecule has 94 valence electrons. The summed E-state index contributed by atoms with van der Waals surface area (Å²) in [7, 11) is 0. The number of rotatable bonds is 3. The third kappa shape index (κ3) is 2.69. The van der Waals surface area contributed by atoms with Crippen LogP contribution in [-0.2, 0) is 0 Å². The molecule has 18 heavy (non-hydrogen) atoms. The van der Waals surface area contributed by atoms with E-state index in [0.29, 0.717) is 11.0 Å². The average Bonchev–Trinajstić information content (AvgIpc) is 2.33. The van der Waals surface area contributed by atoms with Crippen LogP contribution in [-0.4, -0.2) is 9.97 Å². The Kier molecular flexibility index (Phi) is 3.64. The first kappa shape index (κ1) is 12.6. The van der Waals surface area contributed by atoms with E-state index in [1.165, 1.54) is 6.33 Å². The highest BCUT2D eigenvalue weighted by Crippen LogP contribution is 2.27. The highest BCUT2D eigenvalue weighted by Gasteiger charge is 2.06. The summed E-state index contributed by atoms with van der Waals surface area (Å²) in [5.41, 5.74) is 6.63. The second kappa shape index (κ2) is 5.20. The van der Waals surface area contributed by atoms with Crippen LogP contribution in [0.2, 0.25) is 5.15 Å². The smallest absolute Gasteiger partial charge is 0.135 e. The van der Waals surface area contributed by atoms with Crippen LogP contribution < -0.4 is 16.6 Å². The van der Waals surface area contributed by atoms with Gasteiger partial charge in [-0.1, -0.05) is 11.6 Å². The molecule has 0 bridgehead atoms. The molecule has 0 saturated carbocycles. The van der Waals surface area contributed by atoms with Crippen molar-refractivity contribution in [3.63, 3.8) is 0 Å². The maximum absolute atomic E-state index is 5.81. The topological polar surface area (TPSA) is 75.9 Å². The second-order valence-electron chi connectivity index (χ2n) is 3.98. The SMILES string of the molecule is Cc1cc(NN)c(Nc2cc(Cl)ncn2)cc1C. The van der Waals surface area contributed by atoms with Gasteiger partial charge in [-0.25, -0.2) is 9.97 Å². The van der Waals surface area contributed by atoms with Gasteiger partial charge in [0.15, 0.2) is 0 Å². The van der Waals surface area contributed by atoms with Crippen LogP contribution in [0, 0.1) is 13.8 Å². The number of halogens is 1. The first-order chi connectivity index (χ1) is 8.60. The minimum absolute atomic E-state index is 0.388. The molecule has 6 heteroatoms. The Bertz CT molecular complexity index is 570. The number of hydrogen-bond donors (Lipinski definition) is 3. The monoisotopic (exact) mass is 263 g/mol. The van der Waals surface area contributed by atoms with Gasteiger partial charge in [-0.2, -0.15) is 0 Å². The van der Waals surface area contributed by atoms with Gasteiger partial charge < -0.3 is 10.7 Å². The van der Waals surface area contributed by atoms with Crippen molar-refractivity contribution >= 4 is 28.8 Å². The maximum atomic E-state index is 5.81. The van der Waals surface area contributed by atoms with Gasteiger partial charge in [-0.05, 0) is 37.1 Å². The number of aryl methyl sites for hydroxylation is 2. The fourth-order valence-electron chi connectivity index (χ4n) is 1.58. The van der Waals surface area contributed by atoms with E-state index >= 15 is 0 Å². The summed E-state index contributed by atoms with van der Waals surface area (Å²) in [5, 5.41) is 3.54. The van der Waals surface area contributed by atoms with Gasteiger partial charge in [-0.15, -0.1) is 0 Å². The van der Waals surface area contributed by atoms with Gasteiger partial charge in [0.1, 0.15) is 17.3 Å². The van der Waals surface area contributed by atoms with Gasteiger partial charge in [0.25, 0.3) is 0 Å². The van der Waals surface area contributed by atoms with Gasteiger partial charge in [0.2, 0.25) is 0 Å². The van der Waals surface area contributed by atoms with Crippen LogP contribution in [0.25, 0.3) is 0 Å². The molecule has 5 nitrogen and oxygen atoms in total. The molecule has 0 atom stereocenters. The van der Waals surface area contributed by atoms with E-state index in [1.807, 2.05) is 26.0 Å². The average molecular weight is 264 g/mol. The molecular weight excluding hydrogens is 250 g/mol. The molecule has 0 radical (unpaired) electrons. The number of nitrogens with one attached hydrogen (secondary N) is 2. The summed E-state index contributed by atoms with van der Waals surface area (Å²) < 4.78 is 0. The Balaban J connectivity index is 2.36. The van der Waals surface area contributed by atoms with E-state index in [9.17, 15) is 0 Å². The van der Waals surface area contributed by atoms with Crippen molar-refractivity contribution in [3.05, 3.63) is 40.8 Å². The molecule has 2 aromatic rings. The van der Waals surface area contributed by atoms with Crippen LogP contribution >= 0.6 is 11.6 Å². The predicted molar refractivity (Wildman–Crippen MR) is 74.1 cm³/mol. The van der Waals surface area contributed by atoms with Crippen LogP contribution in [0.4, 0.5) is 17.2 Å². The number of nitrogen functional groups attached to an aromatic ring is 1. The van der Waals surface area contributed by atoms with Crippen molar-refractivity contribution in [2.24, 2.45) is 5.84 Å². The Morgan fingerprint density at radius 2 is 1.72 bits per heavy atom. The second-order valence-corrected chi connectivity index (χ2v) is 4.36. The van der Waals surface area contributed by atoms with Crippen molar-refractivity contribution in [3.8, 4) is 0 Å². The Hall–Kier alpha value is -1.85. The van der Waals surface area contributed by atoms with Crippen molar-refractivity contribution < 1.29 is 0 Å². The fraction of sp³-hybridized carbons (Fsp3) is 0.167. The van der Waals surface area contributed by atoms with Gasteiger partial charge in [0.05, 0.1) is 11.4 Å². The first-order valence-corrected chi connectivity index (χ1v) is 5.80. The summed E-state index contributed by atoms with van der Waals surface area (Å²) in [6, 6.07) is 5.62. The first-order valence-electron chi connectivity index (χ1n) is 5.42. The molecule has 2 rings (SSSR count). The van der Waals surface area contributed by atoms with Gasteiger partial charge in [0, 0.05) is 6.07 Å². The van der Waals surface area contributed by atoms with Crippen LogP contribution in [0.3, 0.4) is 0 Å². The Morgan fingerprint density at radius 1 is 1.06 bits per heavy atom. The molecule has 0 spiro atoms. The zero-order valence-electron chi connectivity index (χ0n) is 10.2. The number of hydrogen-bond acceptors (Lipinski definition) is 5. The minimum atomic E-state index is 0.388. The van der Waals surface area contributed by atoms with E-state index in [2.05, 4.69) is 20.7 Å². The molecule has 0 aliphatic heterocycles. The molecule has 4 N–H and O–H groups in total. The molecular formula is C12H14ClN5. The fourth-order valence-corrected chi connectivity index (χ4v) is 1.73. The Morgan fingerprint density at radius 3 is 2.33 bits per heavy atom. The van der Waals surface area contributed by atoms with Crippen molar-refractivity contribution in [1.29, 1.82) is 0 Å². The Labute approximate surface area is 110 Å². The zero-order valence-corrected chi connectivity index (χ0v) is 10.9. The maximum Gasteiger partial charge on any atom is 0.135 e. The normalized spacial score (nSPS) is 10.2. The van der Waals surface area contributed by atoms with Crippen molar-refractivity contribution in [2.45, 2.75) is 13.8 Å². The van der Waals surface area contributed by atoms with Gasteiger partial charge in [-0.3, -0.25) is 5.84 Å². The quantitative estimate of drug-likeness (QED) is 0.451. The summed E-state index contributed by atoms with van der Waals surface area (Å²) in [6.07, 6.45) is 1.40. The molecule has 0 aliphatic rings. The lowest BCUT2D eigenvalue weighted by Gasteiger charge is -2.13. The highest BCUT2D eigenvalue weighted by atomic mass is 35.5. The largest absolute Gasteiger partial charge is 0.338 e. The van der Waals surface area contributed by atoms with E-state index in [0.717, 1.165) is 22.5 Å². The minimum Gasteiger partial charge on any atom is -0.338 e. The molecule has 0 saturated heterocycles. The van der Waals surface area contributed by atoms with E-state index in [1.54, 1.807) is 6.07 Å². The molecule has 1 aromatic heterocycles. The standard InChI is InChI=1S/C12H14ClN5/c1-7-3-9(10(18-14)4-8(7)2)17-12-5-11(13)15-6-16-12/h3-6,18H,14H2,1-2H3,(H,15,16,17). The van der Waals surface area contributed by atoms with Gasteiger partial charge >= 0.3 is 0 Å². The van der Waals surface area contributed by atoms with E-state index in [4.69, 9.17) is 17.4 Å². The number of anilines is 3. The zero-order chi connectivity index (χ0) is 13.1. The third-order valence-electron chi connectivity index (χ3n) is 2.69. The summed E-state index contributed by atoms with van der Waals surface area (Å²) in [4.78, 5) is 7.92. The molecule has 0 unspecified atom stereocenters. The summed E-state index contributed by atoms with van der Waals surface area (Å²) in [6.45, 7) is 4.06. The molecule has 1 aromatic carbocycles. The van der Waals surface area contributed by atoms with Crippen molar-refractivity contribution in [1.82, 2.24) is 9.97 Å². The summed E-state index contributed by atoms with van der Waals surface area (Å²) >= 11 is 5.81. The number of aromatic nitrogens is 2. The summed E-state index contributed by atoms with van der Waals surface area (Å²) in [5.74, 6) is 6.12. The number of benzene rings is 1. The van der Waals surface area contributed by atoms with Crippen molar-refractivity contribution in [2.75, 3.05) is 10.7 Å². The lowest BCUT2D eigenvalue weighted by atomic mass is 10.1. The van der Waals surface area contributed by atoms with E-state index < -0.39 is 0 Å².